The Hall–Kier alpha value is -4.16. The van der Waals surface area contributed by atoms with Gasteiger partial charge in [-0.1, -0.05) is 0 Å². The van der Waals surface area contributed by atoms with Gasteiger partial charge in [-0.05, 0) is 47.7 Å². The third-order valence-corrected chi connectivity index (χ3v) is 6.47. The molecule has 3 heterocycles. The minimum atomic E-state index is -0.546. The summed E-state index contributed by atoms with van der Waals surface area (Å²) in [5.41, 5.74) is 10.8. The summed E-state index contributed by atoms with van der Waals surface area (Å²) in [5, 5.41) is 14.6. The number of aryl methyl sites for hydroxylation is 1. The molecule has 9 nitrogen and oxygen atoms in total. The highest BCUT2D eigenvalue weighted by atomic mass is 35.5. The summed E-state index contributed by atoms with van der Waals surface area (Å²) in [7, 11) is 3.09. The number of pyridine rings is 1. The first-order valence-electron chi connectivity index (χ1n) is 10.4. The van der Waals surface area contributed by atoms with Gasteiger partial charge in [-0.15, -0.1) is 0 Å². The lowest BCUT2D eigenvalue weighted by atomic mass is 9.91. The Morgan fingerprint density at radius 2 is 2.06 bits per heavy atom. The van der Waals surface area contributed by atoms with Gasteiger partial charge in [-0.2, -0.15) is 10.4 Å². The number of hydrogen-bond acceptors (Lipinski definition) is 7. The van der Waals surface area contributed by atoms with Crippen molar-refractivity contribution >= 4 is 39.5 Å². The Labute approximate surface area is 199 Å². The molecule has 4 aromatic rings. The number of aromatic amines is 1. The van der Waals surface area contributed by atoms with Crippen LogP contribution in [0.15, 0.2) is 36.8 Å². The summed E-state index contributed by atoms with van der Waals surface area (Å²) < 4.78 is 6.53. The number of carbonyl (C=O) groups excluding carboxylic acids is 2. The van der Waals surface area contributed by atoms with Crippen LogP contribution >= 0.6 is 11.6 Å². The molecule has 3 aromatic heterocycles. The molecule has 1 aliphatic rings. The number of halogens is 1. The number of carbonyl (C=O) groups is 2. The highest BCUT2D eigenvalue weighted by Gasteiger charge is 2.43. The number of rotatable bonds is 5. The Kier molecular flexibility index (Phi) is 5.10. The Balaban J connectivity index is 1.76. The number of aromatic nitrogens is 4. The first-order chi connectivity index (χ1) is 16.3. The Morgan fingerprint density at radius 3 is 2.68 bits per heavy atom. The molecule has 2 atom stereocenters. The second-order valence-electron chi connectivity index (χ2n) is 8.28. The summed E-state index contributed by atoms with van der Waals surface area (Å²) in [4.78, 5) is 31.3. The number of hydrogen-bond donors (Lipinski definition) is 2. The average molecular weight is 475 g/mol. The molecule has 2 unspecified atom stereocenters. The summed E-state index contributed by atoms with van der Waals surface area (Å²) >= 11 is 5.75. The summed E-state index contributed by atoms with van der Waals surface area (Å²) in [6.45, 7) is 0. The van der Waals surface area contributed by atoms with Crippen molar-refractivity contribution in [2.24, 2.45) is 13.0 Å². The number of H-pyrrole nitrogens is 1. The number of nitrogens with one attached hydrogen (secondary N) is 1. The Morgan fingerprint density at radius 1 is 1.29 bits per heavy atom. The monoisotopic (exact) mass is 474 g/mol. The average Bonchev–Trinajstić information content (AvgIpc) is 3.32. The van der Waals surface area contributed by atoms with Crippen molar-refractivity contribution in [1.29, 1.82) is 5.26 Å². The minimum absolute atomic E-state index is 0.0336. The van der Waals surface area contributed by atoms with E-state index in [4.69, 9.17) is 22.1 Å². The standard InChI is InChI=1S/C24H19ClN6O3/c1-31-10-12(8-29-31)13-3-11(14-5-17(14)22(25)32)4-15(18(13)7-26)20-6-16-19(24(33)34-2)9-28-23(27)21(16)30-20/h3-4,6,8-10,14,17,30H,5H2,1-2H3,(H2,27,28). The van der Waals surface area contributed by atoms with Crippen LogP contribution < -0.4 is 5.73 Å². The molecule has 10 heteroatoms. The van der Waals surface area contributed by atoms with Crippen LogP contribution in [0.3, 0.4) is 0 Å². The van der Waals surface area contributed by atoms with E-state index in [9.17, 15) is 14.9 Å². The largest absolute Gasteiger partial charge is 0.465 e. The smallest absolute Gasteiger partial charge is 0.340 e. The number of anilines is 1. The lowest BCUT2D eigenvalue weighted by Gasteiger charge is -2.11. The van der Waals surface area contributed by atoms with Crippen molar-refractivity contribution in [3.63, 3.8) is 0 Å². The van der Waals surface area contributed by atoms with Crippen molar-refractivity contribution in [3.05, 3.63) is 53.5 Å². The zero-order chi connectivity index (χ0) is 24.1. The summed E-state index contributed by atoms with van der Waals surface area (Å²) in [6, 6.07) is 7.87. The van der Waals surface area contributed by atoms with E-state index in [-0.39, 0.29) is 28.5 Å². The maximum absolute atomic E-state index is 12.3. The van der Waals surface area contributed by atoms with Gasteiger partial charge < -0.3 is 15.5 Å². The van der Waals surface area contributed by atoms with Crippen LogP contribution in [0.2, 0.25) is 0 Å². The van der Waals surface area contributed by atoms with Crippen LogP contribution in [0, 0.1) is 17.2 Å². The van der Waals surface area contributed by atoms with E-state index in [1.807, 2.05) is 18.3 Å². The SMILES string of the molecule is COC(=O)c1cnc(N)c2[nH]c(-c3cc(C4CC4C(=O)Cl)cc(-c4cnn(C)c4)c3C#N)cc12. The number of ether oxygens (including phenoxy) is 1. The fourth-order valence-electron chi connectivity index (χ4n) is 4.37. The summed E-state index contributed by atoms with van der Waals surface area (Å²) in [5.74, 6) is -0.618. The van der Waals surface area contributed by atoms with E-state index in [1.54, 1.807) is 24.0 Å². The van der Waals surface area contributed by atoms with E-state index in [0.29, 0.717) is 39.7 Å². The molecule has 5 rings (SSSR count). The van der Waals surface area contributed by atoms with Gasteiger partial charge in [0.05, 0.1) is 30.0 Å². The molecular formula is C24H19ClN6O3. The molecular weight excluding hydrogens is 456 g/mol. The van der Waals surface area contributed by atoms with Gasteiger partial charge in [0.15, 0.2) is 0 Å². The normalized spacial score (nSPS) is 16.9. The number of nitrogens with two attached hydrogens (primary N) is 1. The van der Waals surface area contributed by atoms with Gasteiger partial charge in [0.1, 0.15) is 11.9 Å². The topological polar surface area (TPSA) is 140 Å². The fourth-order valence-corrected chi connectivity index (χ4v) is 4.61. The molecule has 1 saturated carbocycles. The van der Waals surface area contributed by atoms with E-state index in [1.165, 1.54) is 13.3 Å². The van der Waals surface area contributed by atoms with Crippen LogP contribution in [-0.2, 0) is 16.6 Å². The van der Waals surface area contributed by atoms with Crippen LogP contribution in [0.25, 0.3) is 33.3 Å². The minimum Gasteiger partial charge on any atom is -0.465 e. The van der Waals surface area contributed by atoms with Crippen molar-refractivity contribution in [2.75, 3.05) is 12.8 Å². The first-order valence-corrected chi connectivity index (χ1v) is 10.8. The van der Waals surface area contributed by atoms with Crippen LogP contribution in [0.1, 0.15) is 33.8 Å². The third-order valence-electron chi connectivity index (χ3n) is 6.19. The Bertz CT molecular complexity index is 1530. The second kappa shape index (κ2) is 8.01. The van der Waals surface area contributed by atoms with Crippen molar-refractivity contribution in [1.82, 2.24) is 19.7 Å². The van der Waals surface area contributed by atoms with Crippen LogP contribution in [-0.4, -0.2) is 38.1 Å². The number of nitriles is 1. The third kappa shape index (κ3) is 3.49. The highest BCUT2D eigenvalue weighted by molar-refractivity contribution is 6.64. The van der Waals surface area contributed by atoms with Crippen molar-refractivity contribution < 1.29 is 14.3 Å². The van der Waals surface area contributed by atoms with Gasteiger partial charge in [0.25, 0.3) is 0 Å². The molecule has 1 aliphatic carbocycles. The van der Waals surface area contributed by atoms with E-state index in [0.717, 1.165) is 11.1 Å². The molecule has 1 aromatic carbocycles. The van der Waals surface area contributed by atoms with Gasteiger partial charge in [0.2, 0.25) is 5.24 Å². The summed E-state index contributed by atoms with van der Waals surface area (Å²) in [6.07, 6.45) is 5.52. The van der Waals surface area contributed by atoms with E-state index in [2.05, 4.69) is 21.1 Å². The lowest BCUT2D eigenvalue weighted by molar-refractivity contribution is -0.112. The predicted octanol–water partition coefficient (Wildman–Crippen LogP) is 3.74. The number of esters is 1. The van der Waals surface area contributed by atoms with Crippen LogP contribution in [0.5, 0.6) is 0 Å². The molecule has 34 heavy (non-hydrogen) atoms. The van der Waals surface area contributed by atoms with E-state index < -0.39 is 5.97 Å². The zero-order valence-corrected chi connectivity index (χ0v) is 19.1. The quantitative estimate of drug-likeness (QED) is 0.331. The molecule has 0 bridgehead atoms. The molecule has 3 N–H and O–H groups in total. The lowest BCUT2D eigenvalue weighted by Crippen LogP contribution is -2.03. The maximum atomic E-state index is 12.3. The fraction of sp³-hybridized carbons (Fsp3) is 0.208. The number of nitrogens with zero attached hydrogens (tertiary/aromatic N) is 4. The van der Waals surface area contributed by atoms with Gasteiger partial charge >= 0.3 is 5.97 Å². The molecule has 0 spiro atoms. The second-order valence-corrected chi connectivity index (χ2v) is 8.65. The number of fused-ring (bicyclic) bond motifs is 1. The molecule has 1 fully saturated rings. The molecule has 0 amide bonds. The highest BCUT2D eigenvalue weighted by Crippen LogP contribution is 2.51. The first kappa shape index (κ1) is 21.7. The maximum Gasteiger partial charge on any atom is 0.340 e. The van der Waals surface area contributed by atoms with Crippen molar-refractivity contribution in [2.45, 2.75) is 12.3 Å². The molecule has 0 saturated heterocycles. The number of methoxy groups -OCH3 is 1. The molecule has 0 radical (unpaired) electrons. The molecule has 170 valence electrons. The zero-order valence-electron chi connectivity index (χ0n) is 18.3. The van der Waals surface area contributed by atoms with E-state index >= 15 is 0 Å². The predicted molar refractivity (Wildman–Crippen MR) is 126 cm³/mol. The van der Waals surface area contributed by atoms with Gasteiger partial charge in [0, 0.05) is 53.1 Å². The number of nitrogen functional groups attached to an aromatic ring is 1. The number of benzene rings is 1. The van der Waals surface area contributed by atoms with Gasteiger partial charge in [-0.3, -0.25) is 9.48 Å². The van der Waals surface area contributed by atoms with Gasteiger partial charge in [-0.25, -0.2) is 9.78 Å². The molecule has 0 aliphatic heterocycles. The van der Waals surface area contributed by atoms with Crippen molar-refractivity contribution in [3.8, 4) is 28.5 Å². The van der Waals surface area contributed by atoms with Crippen LogP contribution in [0.4, 0.5) is 5.82 Å².